The minimum Gasteiger partial charge on any atom is -0.386 e. The van der Waals surface area contributed by atoms with Crippen molar-refractivity contribution in [3.63, 3.8) is 0 Å². The molecule has 2 aromatic heterocycles. The molecule has 0 saturated heterocycles. The Bertz CT molecular complexity index is 857. The molecule has 1 aromatic carbocycles. The summed E-state index contributed by atoms with van der Waals surface area (Å²) in [6.45, 7) is 0. The van der Waals surface area contributed by atoms with Gasteiger partial charge in [-0.2, -0.15) is 0 Å². The molecule has 0 aliphatic rings. The molecule has 0 radical (unpaired) electrons. The van der Waals surface area contributed by atoms with E-state index in [1.165, 1.54) is 0 Å². The van der Waals surface area contributed by atoms with Crippen LogP contribution in [-0.2, 0) is 0 Å². The lowest BCUT2D eigenvalue weighted by Crippen LogP contribution is -1.97. The SMILES string of the molecule is O=c1oc(=O)c2c(Cl)c3c(=O)oc(=O)c3c(Cl)c12. The van der Waals surface area contributed by atoms with Crippen LogP contribution >= 0.6 is 23.2 Å². The van der Waals surface area contributed by atoms with E-state index in [-0.39, 0.29) is 31.6 Å². The first-order chi connectivity index (χ1) is 8.43. The number of furan rings is 2. The molecule has 2 heterocycles. The molecule has 3 rings (SSSR count). The van der Waals surface area contributed by atoms with Crippen LogP contribution in [0.1, 0.15) is 0 Å². The fraction of sp³-hybridized carbons (Fsp3) is 0. The molecule has 0 spiro atoms. The van der Waals surface area contributed by atoms with Crippen LogP contribution in [0.2, 0.25) is 10.0 Å². The van der Waals surface area contributed by atoms with Crippen LogP contribution in [-0.4, -0.2) is 0 Å². The predicted molar refractivity (Wildman–Crippen MR) is 63.5 cm³/mol. The summed E-state index contributed by atoms with van der Waals surface area (Å²) >= 11 is 11.7. The van der Waals surface area contributed by atoms with Crippen molar-refractivity contribution in [3.8, 4) is 0 Å². The summed E-state index contributed by atoms with van der Waals surface area (Å²) in [5.74, 6) is 0. The fourth-order valence-electron chi connectivity index (χ4n) is 1.83. The van der Waals surface area contributed by atoms with E-state index < -0.39 is 22.5 Å². The highest BCUT2D eigenvalue weighted by Crippen LogP contribution is 2.33. The van der Waals surface area contributed by atoms with Gasteiger partial charge in [0.15, 0.2) is 0 Å². The Morgan fingerprint density at radius 1 is 0.556 bits per heavy atom. The molecule has 0 atom stereocenters. The van der Waals surface area contributed by atoms with Crippen molar-refractivity contribution in [2.75, 3.05) is 0 Å². The second-order valence-electron chi connectivity index (χ2n) is 3.48. The van der Waals surface area contributed by atoms with Crippen LogP contribution in [0, 0.1) is 0 Å². The summed E-state index contributed by atoms with van der Waals surface area (Å²) in [7, 11) is 0. The Labute approximate surface area is 106 Å². The van der Waals surface area contributed by atoms with Gasteiger partial charge in [0.05, 0.1) is 31.6 Å². The maximum atomic E-state index is 11.4. The largest absolute Gasteiger partial charge is 0.386 e. The van der Waals surface area contributed by atoms with Gasteiger partial charge in [-0.05, 0) is 0 Å². The van der Waals surface area contributed by atoms with Crippen LogP contribution in [0.25, 0.3) is 21.5 Å². The van der Waals surface area contributed by atoms with E-state index in [0.717, 1.165) is 0 Å². The third-order valence-electron chi connectivity index (χ3n) is 2.57. The van der Waals surface area contributed by atoms with Gasteiger partial charge in [-0.15, -0.1) is 0 Å². The monoisotopic (exact) mass is 286 g/mol. The van der Waals surface area contributed by atoms with Crippen molar-refractivity contribution in [3.05, 3.63) is 51.7 Å². The number of hydrogen-bond acceptors (Lipinski definition) is 6. The normalized spacial score (nSPS) is 11.7. The van der Waals surface area contributed by atoms with E-state index in [2.05, 4.69) is 8.83 Å². The molecule has 90 valence electrons. The number of halogens is 2. The Morgan fingerprint density at radius 3 is 1.00 bits per heavy atom. The van der Waals surface area contributed by atoms with E-state index in [4.69, 9.17) is 23.2 Å². The summed E-state index contributed by atoms with van der Waals surface area (Å²) in [6, 6.07) is 0. The number of hydrogen-bond donors (Lipinski definition) is 0. The van der Waals surface area contributed by atoms with Crippen LogP contribution in [0.5, 0.6) is 0 Å². The first kappa shape index (κ1) is 11.2. The topological polar surface area (TPSA) is 94.6 Å². The van der Waals surface area contributed by atoms with Gasteiger partial charge in [-0.1, -0.05) is 23.2 Å². The molecular formula is C10Cl2O6. The van der Waals surface area contributed by atoms with Crippen LogP contribution in [0.3, 0.4) is 0 Å². The predicted octanol–water partition coefficient (Wildman–Crippen LogP) is 0.802. The molecule has 0 N–H and O–H groups in total. The average Bonchev–Trinajstić information content (AvgIpc) is 2.73. The minimum absolute atomic E-state index is 0.322. The van der Waals surface area contributed by atoms with Crippen molar-refractivity contribution in [1.82, 2.24) is 0 Å². The van der Waals surface area contributed by atoms with Gasteiger partial charge in [0.1, 0.15) is 0 Å². The second-order valence-corrected chi connectivity index (χ2v) is 4.24. The smallest absolute Gasteiger partial charge is 0.348 e. The molecular weight excluding hydrogens is 287 g/mol. The maximum Gasteiger partial charge on any atom is 0.348 e. The van der Waals surface area contributed by atoms with Crippen LogP contribution in [0.4, 0.5) is 0 Å². The maximum absolute atomic E-state index is 11.4. The van der Waals surface area contributed by atoms with Gasteiger partial charge in [-0.3, -0.25) is 0 Å². The lowest BCUT2D eigenvalue weighted by atomic mass is 10.1. The van der Waals surface area contributed by atoms with Crippen molar-refractivity contribution in [2.45, 2.75) is 0 Å². The van der Waals surface area contributed by atoms with E-state index in [9.17, 15) is 19.2 Å². The molecule has 0 fully saturated rings. The van der Waals surface area contributed by atoms with E-state index in [1.54, 1.807) is 0 Å². The van der Waals surface area contributed by atoms with Crippen molar-refractivity contribution in [1.29, 1.82) is 0 Å². The summed E-state index contributed by atoms with van der Waals surface area (Å²) in [5.41, 5.74) is -4.07. The zero-order valence-electron chi connectivity index (χ0n) is 8.21. The third kappa shape index (κ3) is 1.13. The highest BCUT2D eigenvalue weighted by molar-refractivity contribution is 6.47. The number of fused-ring (bicyclic) bond motifs is 2. The zero-order chi connectivity index (χ0) is 13.2. The lowest BCUT2D eigenvalue weighted by Gasteiger charge is -1.95. The quantitative estimate of drug-likeness (QED) is 0.607. The minimum atomic E-state index is -1.02. The van der Waals surface area contributed by atoms with Crippen LogP contribution in [0.15, 0.2) is 28.0 Å². The first-order valence-corrected chi connectivity index (χ1v) is 5.27. The highest BCUT2D eigenvalue weighted by Gasteiger charge is 2.25. The molecule has 0 bridgehead atoms. The van der Waals surface area contributed by atoms with Crippen molar-refractivity contribution in [2.24, 2.45) is 0 Å². The molecule has 0 saturated carbocycles. The fourth-order valence-corrected chi connectivity index (χ4v) is 2.51. The van der Waals surface area contributed by atoms with Gasteiger partial charge in [0.2, 0.25) is 0 Å². The molecule has 0 amide bonds. The molecule has 18 heavy (non-hydrogen) atoms. The third-order valence-corrected chi connectivity index (χ3v) is 3.32. The van der Waals surface area contributed by atoms with Crippen molar-refractivity contribution < 1.29 is 8.83 Å². The second kappa shape index (κ2) is 3.30. The van der Waals surface area contributed by atoms with Gasteiger partial charge in [0.25, 0.3) is 0 Å². The Hall–Kier alpha value is -1.92. The van der Waals surface area contributed by atoms with E-state index >= 15 is 0 Å². The Kier molecular flexibility index (Phi) is 2.05. The van der Waals surface area contributed by atoms with Gasteiger partial charge in [-0.25, -0.2) is 19.2 Å². The molecule has 0 unspecified atom stereocenters. The Balaban J connectivity index is 2.94. The first-order valence-electron chi connectivity index (χ1n) is 4.51. The van der Waals surface area contributed by atoms with Crippen LogP contribution < -0.4 is 22.5 Å². The number of benzene rings is 1. The molecule has 0 aliphatic carbocycles. The highest BCUT2D eigenvalue weighted by atomic mass is 35.5. The molecule has 3 aromatic rings. The van der Waals surface area contributed by atoms with E-state index in [1.807, 2.05) is 0 Å². The molecule has 6 nitrogen and oxygen atoms in total. The van der Waals surface area contributed by atoms with E-state index in [0.29, 0.717) is 0 Å². The standard InChI is InChI=1S/C10Cl2O6/c11-5-1-2(8(14)17-7(1)13)6(12)4-3(5)9(15)18-10(4)16. The van der Waals surface area contributed by atoms with Gasteiger partial charge >= 0.3 is 22.5 Å². The lowest BCUT2D eigenvalue weighted by molar-refractivity contribution is 0.498. The summed E-state index contributed by atoms with van der Waals surface area (Å²) in [6.07, 6.45) is 0. The molecule has 8 heteroatoms. The van der Waals surface area contributed by atoms with Gasteiger partial charge in [0, 0.05) is 0 Å². The van der Waals surface area contributed by atoms with Gasteiger partial charge < -0.3 is 8.83 Å². The number of rotatable bonds is 0. The average molecular weight is 287 g/mol. The Morgan fingerprint density at radius 2 is 0.778 bits per heavy atom. The van der Waals surface area contributed by atoms with Crippen molar-refractivity contribution >= 4 is 44.7 Å². The summed E-state index contributed by atoms with van der Waals surface area (Å²) in [5, 5.41) is -2.02. The molecule has 0 aliphatic heterocycles. The summed E-state index contributed by atoms with van der Waals surface area (Å²) < 4.78 is 8.66. The summed E-state index contributed by atoms with van der Waals surface area (Å²) in [4.78, 5) is 45.7. The zero-order valence-corrected chi connectivity index (χ0v) is 9.72.